The van der Waals surface area contributed by atoms with E-state index in [1.807, 2.05) is 6.92 Å². The van der Waals surface area contributed by atoms with Gasteiger partial charge in [0.2, 0.25) is 0 Å². The third kappa shape index (κ3) is 1.25. The zero-order valence-electron chi connectivity index (χ0n) is 6.92. The Labute approximate surface area is 76.4 Å². The molecule has 1 fully saturated rings. The first kappa shape index (κ1) is 7.80. The third-order valence-corrected chi connectivity index (χ3v) is 2.31. The molecule has 0 saturated carbocycles. The first-order valence-corrected chi connectivity index (χ1v) is 4.45. The van der Waals surface area contributed by atoms with Gasteiger partial charge in [0.15, 0.2) is 5.82 Å². The zero-order valence-corrected chi connectivity index (χ0v) is 7.67. The van der Waals surface area contributed by atoms with Gasteiger partial charge in [-0.3, -0.25) is 0 Å². The second kappa shape index (κ2) is 2.90. The van der Waals surface area contributed by atoms with Crippen LogP contribution >= 0.6 is 11.6 Å². The van der Waals surface area contributed by atoms with Gasteiger partial charge >= 0.3 is 0 Å². The van der Waals surface area contributed by atoms with Gasteiger partial charge in [-0.2, -0.15) is 0 Å². The highest BCUT2D eigenvalue weighted by molar-refractivity contribution is 6.33. The Bertz CT molecular complexity index is 296. The summed E-state index contributed by atoms with van der Waals surface area (Å²) in [4.78, 5) is 10.4. The number of hydrogen-bond acceptors (Lipinski definition) is 3. The Balaban J connectivity index is 2.40. The summed E-state index contributed by atoms with van der Waals surface area (Å²) in [5.74, 6) is 0.892. The van der Waals surface area contributed by atoms with E-state index in [0.717, 1.165) is 36.0 Å². The van der Waals surface area contributed by atoms with Crippen LogP contribution in [0.15, 0.2) is 6.33 Å². The number of hydrogen-bond donors (Lipinski definition) is 0. The zero-order chi connectivity index (χ0) is 8.55. The number of aromatic nitrogens is 2. The van der Waals surface area contributed by atoms with Crippen molar-refractivity contribution in [2.24, 2.45) is 0 Å². The molecule has 0 unspecified atom stereocenters. The summed E-state index contributed by atoms with van der Waals surface area (Å²) in [5, 5.41) is 0.720. The van der Waals surface area contributed by atoms with Gasteiger partial charge in [0.1, 0.15) is 11.3 Å². The highest BCUT2D eigenvalue weighted by Gasteiger charge is 2.23. The van der Waals surface area contributed by atoms with Crippen molar-refractivity contribution >= 4 is 17.4 Å². The summed E-state index contributed by atoms with van der Waals surface area (Å²) in [6.45, 7) is 4.18. The monoisotopic (exact) mass is 183 g/mol. The number of rotatable bonds is 2. The van der Waals surface area contributed by atoms with E-state index in [-0.39, 0.29) is 0 Å². The lowest BCUT2D eigenvalue weighted by molar-refractivity contribution is 0.992. The Morgan fingerprint density at radius 2 is 2.25 bits per heavy atom. The normalized spacial score (nSPS) is 15.0. The molecule has 0 radical (unpaired) electrons. The maximum atomic E-state index is 6.08. The van der Waals surface area contributed by atoms with Crippen LogP contribution in [0.4, 0.5) is 5.82 Å². The fourth-order valence-electron chi connectivity index (χ4n) is 1.12. The fourth-order valence-corrected chi connectivity index (χ4v) is 1.48. The van der Waals surface area contributed by atoms with Gasteiger partial charge in [-0.1, -0.05) is 18.5 Å². The largest absolute Gasteiger partial charge is 0.352 e. The number of aryl methyl sites for hydroxylation is 1. The van der Waals surface area contributed by atoms with Gasteiger partial charge in [-0.25, -0.2) is 9.97 Å². The van der Waals surface area contributed by atoms with E-state index in [0.29, 0.717) is 0 Å². The van der Waals surface area contributed by atoms with E-state index in [1.165, 1.54) is 0 Å². The minimum absolute atomic E-state index is 0.720. The van der Waals surface area contributed by atoms with Crippen LogP contribution in [0.5, 0.6) is 0 Å². The molecule has 0 bridgehead atoms. The maximum absolute atomic E-state index is 6.08. The summed E-state index contributed by atoms with van der Waals surface area (Å²) in [6.07, 6.45) is 2.44. The van der Waals surface area contributed by atoms with Crippen molar-refractivity contribution < 1.29 is 0 Å². The molecule has 1 aromatic rings. The fraction of sp³-hybridized carbons (Fsp3) is 0.500. The van der Waals surface area contributed by atoms with Crippen molar-refractivity contribution in [3.63, 3.8) is 0 Å². The predicted octanol–water partition coefficient (Wildman–Crippen LogP) is 1.51. The topological polar surface area (TPSA) is 28.8 Å². The first-order valence-electron chi connectivity index (χ1n) is 4.07. The molecule has 0 atom stereocenters. The Morgan fingerprint density at radius 1 is 1.50 bits per heavy atom. The van der Waals surface area contributed by atoms with Crippen molar-refractivity contribution in [1.82, 2.24) is 9.97 Å². The molecule has 1 aliphatic rings. The van der Waals surface area contributed by atoms with Crippen LogP contribution < -0.4 is 4.90 Å². The standard InChI is InChI=1S/C8H10ClN3/c1-2-6-7(9)8(11-5-10-6)12-3-4-12/h5H,2-4H2,1H3. The van der Waals surface area contributed by atoms with Crippen LogP contribution in [-0.4, -0.2) is 23.1 Å². The number of anilines is 1. The van der Waals surface area contributed by atoms with Gasteiger partial charge < -0.3 is 4.90 Å². The average Bonchev–Trinajstić information content (AvgIpc) is 2.88. The molecule has 3 nitrogen and oxygen atoms in total. The van der Waals surface area contributed by atoms with Crippen LogP contribution in [0.25, 0.3) is 0 Å². The molecule has 2 rings (SSSR count). The molecule has 2 heterocycles. The average molecular weight is 184 g/mol. The number of halogens is 1. The van der Waals surface area contributed by atoms with Gasteiger partial charge in [0.25, 0.3) is 0 Å². The summed E-state index contributed by atoms with van der Waals surface area (Å²) in [6, 6.07) is 0. The third-order valence-electron chi connectivity index (χ3n) is 1.92. The molecule has 0 aliphatic carbocycles. The summed E-state index contributed by atoms with van der Waals surface area (Å²) in [5.41, 5.74) is 0.938. The number of nitrogens with zero attached hydrogens (tertiary/aromatic N) is 3. The second-order valence-corrected chi connectivity index (χ2v) is 3.18. The lowest BCUT2D eigenvalue weighted by Crippen LogP contribution is -1.99. The Kier molecular flexibility index (Phi) is 1.89. The molecule has 12 heavy (non-hydrogen) atoms. The van der Waals surface area contributed by atoms with Gasteiger partial charge in [0.05, 0.1) is 5.69 Å². The van der Waals surface area contributed by atoms with Gasteiger partial charge in [-0.05, 0) is 6.42 Å². The minimum Gasteiger partial charge on any atom is -0.352 e. The quantitative estimate of drug-likeness (QED) is 0.651. The molecule has 0 amide bonds. The SMILES string of the molecule is CCc1ncnc(N2CC2)c1Cl. The van der Waals surface area contributed by atoms with Crippen molar-refractivity contribution in [1.29, 1.82) is 0 Å². The Morgan fingerprint density at radius 3 is 2.83 bits per heavy atom. The van der Waals surface area contributed by atoms with E-state index in [2.05, 4.69) is 14.9 Å². The molecule has 64 valence electrons. The van der Waals surface area contributed by atoms with Crippen LogP contribution in [0.2, 0.25) is 5.02 Å². The van der Waals surface area contributed by atoms with Crippen LogP contribution in [0.1, 0.15) is 12.6 Å². The van der Waals surface area contributed by atoms with E-state index in [9.17, 15) is 0 Å². The molecule has 1 aromatic heterocycles. The molecule has 1 saturated heterocycles. The second-order valence-electron chi connectivity index (χ2n) is 2.80. The lowest BCUT2D eigenvalue weighted by Gasteiger charge is -2.05. The first-order chi connectivity index (χ1) is 5.83. The Hall–Kier alpha value is -0.830. The van der Waals surface area contributed by atoms with E-state index < -0.39 is 0 Å². The molecule has 0 spiro atoms. The summed E-state index contributed by atoms with van der Waals surface area (Å²) >= 11 is 6.08. The molecule has 1 aliphatic heterocycles. The van der Waals surface area contributed by atoms with E-state index >= 15 is 0 Å². The van der Waals surface area contributed by atoms with Crippen molar-refractivity contribution in [3.8, 4) is 0 Å². The predicted molar refractivity (Wildman–Crippen MR) is 48.6 cm³/mol. The van der Waals surface area contributed by atoms with E-state index in [1.54, 1.807) is 6.33 Å². The van der Waals surface area contributed by atoms with Crippen LogP contribution in [-0.2, 0) is 6.42 Å². The van der Waals surface area contributed by atoms with Crippen molar-refractivity contribution in [2.75, 3.05) is 18.0 Å². The highest BCUT2D eigenvalue weighted by atomic mass is 35.5. The lowest BCUT2D eigenvalue weighted by atomic mass is 10.3. The highest BCUT2D eigenvalue weighted by Crippen LogP contribution is 2.29. The molecule has 4 heteroatoms. The summed E-state index contributed by atoms with van der Waals surface area (Å²) < 4.78 is 0. The molecule has 0 N–H and O–H groups in total. The van der Waals surface area contributed by atoms with E-state index in [4.69, 9.17) is 11.6 Å². The van der Waals surface area contributed by atoms with Crippen molar-refractivity contribution in [3.05, 3.63) is 17.0 Å². The van der Waals surface area contributed by atoms with Gasteiger partial charge in [0, 0.05) is 13.1 Å². The molecular weight excluding hydrogens is 174 g/mol. The van der Waals surface area contributed by atoms with Crippen molar-refractivity contribution in [2.45, 2.75) is 13.3 Å². The molecular formula is C8H10ClN3. The minimum atomic E-state index is 0.720. The molecule has 0 aromatic carbocycles. The van der Waals surface area contributed by atoms with Crippen LogP contribution in [0.3, 0.4) is 0 Å². The summed E-state index contributed by atoms with van der Waals surface area (Å²) in [7, 11) is 0. The van der Waals surface area contributed by atoms with Crippen LogP contribution in [0, 0.1) is 0 Å². The smallest absolute Gasteiger partial charge is 0.151 e. The maximum Gasteiger partial charge on any atom is 0.151 e. The van der Waals surface area contributed by atoms with Gasteiger partial charge in [-0.15, -0.1) is 0 Å².